The van der Waals surface area contributed by atoms with Gasteiger partial charge in [-0.25, -0.2) is 9.78 Å². The van der Waals surface area contributed by atoms with Crippen LogP contribution in [0.25, 0.3) is 6.08 Å². The number of carbonyl (C=O) groups excluding carboxylic acids is 1. The van der Waals surface area contributed by atoms with Gasteiger partial charge in [-0.05, 0) is 6.08 Å². The molecule has 0 saturated heterocycles. The Morgan fingerprint density at radius 1 is 1.41 bits per heavy atom. The molecule has 0 aliphatic carbocycles. The third-order valence-electron chi connectivity index (χ3n) is 1.90. The first-order valence-corrected chi connectivity index (χ1v) is 4.65. The van der Waals surface area contributed by atoms with Gasteiger partial charge in [0.15, 0.2) is 0 Å². The topological polar surface area (TPSA) is 100 Å². The van der Waals surface area contributed by atoms with Gasteiger partial charge < -0.3 is 20.0 Å². The van der Waals surface area contributed by atoms with Crippen molar-refractivity contribution in [1.82, 2.24) is 14.7 Å². The van der Waals surface area contributed by atoms with Crippen LogP contribution in [-0.2, 0) is 4.79 Å². The first-order chi connectivity index (χ1) is 8.16. The fraction of sp³-hybridized carbons (Fsp3) is 0. The van der Waals surface area contributed by atoms with Crippen molar-refractivity contribution in [2.75, 3.05) is 0 Å². The summed E-state index contributed by atoms with van der Waals surface area (Å²) in [6.45, 7) is 0. The average molecular weight is 235 g/mol. The number of hydrogen-bond acceptors (Lipinski definition) is 5. The summed E-state index contributed by atoms with van der Waals surface area (Å²) >= 11 is 0. The van der Waals surface area contributed by atoms with Gasteiger partial charge in [-0.3, -0.25) is 0 Å². The monoisotopic (exact) mass is 235 g/mol. The summed E-state index contributed by atoms with van der Waals surface area (Å²) in [5, 5.41) is 18.4. The highest BCUT2D eigenvalue weighted by Crippen LogP contribution is 2.18. The molecular weight excluding hydrogens is 226 g/mol. The number of nitrogens with zero attached hydrogens (tertiary/aromatic N) is 2. The molecule has 0 radical (unpaired) electrons. The van der Waals surface area contributed by atoms with E-state index in [4.69, 9.17) is 0 Å². The minimum absolute atomic E-state index is 0.370. The van der Waals surface area contributed by atoms with Crippen molar-refractivity contribution in [3.63, 3.8) is 0 Å². The minimum Gasteiger partial charge on any atom is -0.492 e. The maximum Gasteiger partial charge on any atom is 0.356 e. The quantitative estimate of drug-likeness (QED) is 0.664. The molecule has 3 N–H and O–H groups in total. The van der Waals surface area contributed by atoms with E-state index in [9.17, 15) is 15.0 Å². The zero-order valence-corrected chi connectivity index (χ0v) is 8.57. The number of rotatable bonds is 3. The van der Waals surface area contributed by atoms with Crippen molar-refractivity contribution in [1.29, 1.82) is 0 Å². The maximum atomic E-state index is 11.3. The van der Waals surface area contributed by atoms with Crippen LogP contribution in [0.5, 0.6) is 11.8 Å². The molecule has 0 atom stereocenters. The van der Waals surface area contributed by atoms with Gasteiger partial charge in [0.25, 0.3) is 0 Å². The summed E-state index contributed by atoms with van der Waals surface area (Å²) in [5.41, 5.74) is 0.628. The van der Waals surface area contributed by atoms with Gasteiger partial charge >= 0.3 is 5.97 Å². The lowest BCUT2D eigenvalue weighted by molar-refractivity contribution is -0.139. The van der Waals surface area contributed by atoms with Crippen LogP contribution in [0.2, 0.25) is 0 Å². The molecule has 0 aliphatic rings. The number of H-pyrrole nitrogens is 1. The van der Waals surface area contributed by atoms with Crippen molar-refractivity contribution < 1.29 is 19.8 Å². The van der Waals surface area contributed by atoms with Crippen molar-refractivity contribution in [2.45, 2.75) is 0 Å². The van der Waals surface area contributed by atoms with Gasteiger partial charge in [-0.2, -0.15) is 0 Å². The van der Waals surface area contributed by atoms with Gasteiger partial charge in [-0.15, -0.1) is 4.73 Å². The molecule has 17 heavy (non-hydrogen) atoms. The molecule has 7 nitrogen and oxygen atoms in total. The number of aromatic nitrogens is 3. The number of nitrogens with one attached hydrogen (secondary N) is 1. The molecule has 0 fully saturated rings. The lowest BCUT2D eigenvalue weighted by Gasteiger charge is -2.03. The van der Waals surface area contributed by atoms with Crippen molar-refractivity contribution >= 4 is 12.0 Å². The van der Waals surface area contributed by atoms with E-state index in [0.29, 0.717) is 10.4 Å². The van der Waals surface area contributed by atoms with Crippen molar-refractivity contribution in [2.24, 2.45) is 0 Å². The maximum absolute atomic E-state index is 11.3. The molecular formula is C10H9N3O4. The zero-order valence-electron chi connectivity index (χ0n) is 8.57. The normalized spacial score (nSPS) is 10.8. The van der Waals surface area contributed by atoms with E-state index in [1.165, 1.54) is 30.7 Å². The summed E-state index contributed by atoms with van der Waals surface area (Å²) in [6.07, 6.45) is 5.57. The molecule has 7 heteroatoms. The molecule has 2 aromatic rings. The third-order valence-corrected chi connectivity index (χ3v) is 1.90. The highest BCUT2D eigenvalue weighted by Gasteiger charge is 2.09. The SMILES string of the molecule is O=C(C=Cc1cnc[nH]1)On1c(O)ccc1O. The molecule has 0 amide bonds. The van der Waals surface area contributed by atoms with Crippen molar-refractivity contribution in [3.8, 4) is 11.8 Å². The van der Waals surface area contributed by atoms with Crippen LogP contribution < -0.4 is 4.84 Å². The van der Waals surface area contributed by atoms with E-state index < -0.39 is 5.97 Å². The predicted octanol–water partition coefficient (Wildman–Crippen LogP) is 0.291. The first-order valence-electron chi connectivity index (χ1n) is 4.65. The Kier molecular flexibility index (Phi) is 2.82. The number of carbonyl (C=O) groups is 1. The Morgan fingerprint density at radius 2 is 2.12 bits per heavy atom. The van der Waals surface area contributed by atoms with Crippen LogP contribution >= 0.6 is 0 Å². The molecule has 0 spiro atoms. The zero-order chi connectivity index (χ0) is 12.3. The fourth-order valence-corrected chi connectivity index (χ4v) is 1.13. The van der Waals surface area contributed by atoms with E-state index in [0.717, 1.165) is 6.08 Å². The lowest BCUT2D eigenvalue weighted by Crippen LogP contribution is -2.16. The summed E-state index contributed by atoms with van der Waals surface area (Å²) in [4.78, 5) is 22.5. The Labute approximate surface area is 95.6 Å². The average Bonchev–Trinajstić information content (AvgIpc) is 2.91. The van der Waals surface area contributed by atoms with Gasteiger partial charge in [0.1, 0.15) is 0 Å². The van der Waals surface area contributed by atoms with Crippen molar-refractivity contribution in [3.05, 3.63) is 36.4 Å². The molecule has 0 unspecified atom stereocenters. The molecule has 0 aliphatic heterocycles. The van der Waals surface area contributed by atoms with Gasteiger partial charge in [0.05, 0.1) is 18.2 Å². The summed E-state index contributed by atoms with van der Waals surface area (Å²) < 4.78 is 0.611. The van der Waals surface area contributed by atoms with Crippen LogP contribution in [0.4, 0.5) is 0 Å². The largest absolute Gasteiger partial charge is 0.492 e. The lowest BCUT2D eigenvalue weighted by atomic mass is 10.4. The van der Waals surface area contributed by atoms with Crippen LogP contribution in [-0.4, -0.2) is 30.9 Å². The minimum atomic E-state index is -0.749. The van der Waals surface area contributed by atoms with E-state index >= 15 is 0 Å². The number of aromatic amines is 1. The van der Waals surface area contributed by atoms with Crippen LogP contribution in [0, 0.1) is 0 Å². The summed E-state index contributed by atoms with van der Waals surface area (Å²) in [7, 11) is 0. The predicted molar refractivity (Wildman–Crippen MR) is 57.0 cm³/mol. The molecule has 0 aromatic carbocycles. The molecule has 2 aromatic heterocycles. The number of hydrogen-bond donors (Lipinski definition) is 3. The Balaban J connectivity index is 2.03. The number of imidazole rings is 1. The van der Waals surface area contributed by atoms with Crippen LogP contribution in [0.3, 0.4) is 0 Å². The molecule has 2 heterocycles. The second-order valence-corrected chi connectivity index (χ2v) is 3.09. The second-order valence-electron chi connectivity index (χ2n) is 3.09. The number of aromatic hydroxyl groups is 2. The highest BCUT2D eigenvalue weighted by atomic mass is 16.7. The van der Waals surface area contributed by atoms with Gasteiger partial charge in [-0.1, -0.05) is 0 Å². The Morgan fingerprint density at radius 3 is 2.71 bits per heavy atom. The Hall–Kier alpha value is -2.70. The highest BCUT2D eigenvalue weighted by molar-refractivity contribution is 5.87. The summed E-state index contributed by atoms with van der Waals surface area (Å²) in [5.74, 6) is -1.49. The van der Waals surface area contributed by atoms with Gasteiger partial charge in [0.2, 0.25) is 11.8 Å². The van der Waals surface area contributed by atoms with E-state index in [-0.39, 0.29) is 11.8 Å². The fourth-order valence-electron chi connectivity index (χ4n) is 1.13. The van der Waals surface area contributed by atoms with E-state index in [1.54, 1.807) is 0 Å². The molecule has 0 bridgehead atoms. The molecule has 2 rings (SSSR count). The third kappa shape index (κ3) is 2.46. The molecule has 0 saturated carbocycles. The standard InChI is InChI=1S/C10H9N3O4/c14-8-2-3-9(15)13(8)17-10(16)4-1-7-5-11-6-12-7/h1-6,14-15H,(H,11,12). The Bertz CT molecular complexity index is 522. The van der Waals surface area contributed by atoms with E-state index in [2.05, 4.69) is 14.8 Å². The smallest absolute Gasteiger partial charge is 0.356 e. The van der Waals surface area contributed by atoms with Crippen LogP contribution in [0.1, 0.15) is 5.69 Å². The summed E-state index contributed by atoms with van der Waals surface area (Å²) in [6, 6.07) is 2.39. The molecule has 88 valence electrons. The van der Waals surface area contributed by atoms with E-state index in [1.807, 2.05) is 0 Å². The van der Waals surface area contributed by atoms with Gasteiger partial charge in [0, 0.05) is 18.2 Å². The second kappa shape index (κ2) is 4.44. The van der Waals surface area contributed by atoms with Crippen LogP contribution in [0.15, 0.2) is 30.7 Å². The first kappa shape index (κ1) is 10.8.